The molecule has 0 spiro atoms. The van der Waals surface area contributed by atoms with Gasteiger partial charge in [0.15, 0.2) is 0 Å². The van der Waals surface area contributed by atoms with Gasteiger partial charge in [0.25, 0.3) is 0 Å². The standard InChI is InChI=1S/C11H15Cl/c1-8(2)11(12)10-6-4-5-9(3)7-10/h4-8,11H,1-3H3. The van der Waals surface area contributed by atoms with E-state index < -0.39 is 0 Å². The quantitative estimate of drug-likeness (QED) is 0.608. The van der Waals surface area contributed by atoms with Crippen molar-refractivity contribution >= 4 is 11.6 Å². The van der Waals surface area contributed by atoms with E-state index in [1.165, 1.54) is 11.1 Å². The lowest BCUT2D eigenvalue weighted by Gasteiger charge is -2.13. The maximum Gasteiger partial charge on any atom is 0.0608 e. The molecule has 0 radical (unpaired) electrons. The zero-order valence-electron chi connectivity index (χ0n) is 7.84. The molecule has 0 aliphatic rings. The molecule has 0 bridgehead atoms. The second-order valence-electron chi connectivity index (χ2n) is 3.56. The largest absolute Gasteiger partial charge is 0.118 e. The molecule has 66 valence electrons. The minimum Gasteiger partial charge on any atom is -0.118 e. The summed E-state index contributed by atoms with van der Waals surface area (Å²) in [6, 6.07) is 8.39. The molecule has 0 fully saturated rings. The van der Waals surface area contributed by atoms with Crippen molar-refractivity contribution in [2.75, 3.05) is 0 Å². The minimum absolute atomic E-state index is 0.143. The molecule has 1 unspecified atom stereocenters. The Bertz CT molecular complexity index is 253. The number of hydrogen-bond donors (Lipinski definition) is 0. The highest BCUT2D eigenvalue weighted by molar-refractivity contribution is 6.20. The number of hydrogen-bond acceptors (Lipinski definition) is 0. The lowest BCUT2D eigenvalue weighted by molar-refractivity contribution is 0.624. The van der Waals surface area contributed by atoms with Crippen LogP contribution in [0.15, 0.2) is 24.3 Å². The average molecular weight is 183 g/mol. The van der Waals surface area contributed by atoms with Crippen LogP contribution in [0.3, 0.4) is 0 Å². The second-order valence-corrected chi connectivity index (χ2v) is 4.03. The van der Waals surface area contributed by atoms with Crippen LogP contribution in [0.5, 0.6) is 0 Å². The van der Waals surface area contributed by atoms with Gasteiger partial charge in [-0.2, -0.15) is 0 Å². The van der Waals surface area contributed by atoms with Crippen LogP contribution in [-0.2, 0) is 0 Å². The van der Waals surface area contributed by atoms with Crippen molar-refractivity contribution in [3.8, 4) is 0 Å². The molecule has 0 nitrogen and oxygen atoms in total. The van der Waals surface area contributed by atoms with Gasteiger partial charge in [0.1, 0.15) is 0 Å². The van der Waals surface area contributed by atoms with E-state index >= 15 is 0 Å². The summed E-state index contributed by atoms with van der Waals surface area (Å²) in [6.07, 6.45) is 0. The van der Waals surface area contributed by atoms with Crippen LogP contribution < -0.4 is 0 Å². The van der Waals surface area contributed by atoms with Crippen LogP contribution in [0.25, 0.3) is 0 Å². The molecule has 1 atom stereocenters. The molecule has 12 heavy (non-hydrogen) atoms. The van der Waals surface area contributed by atoms with Gasteiger partial charge in [-0.05, 0) is 18.4 Å². The van der Waals surface area contributed by atoms with Crippen LogP contribution in [0.4, 0.5) is 0 Å². The molecular weight excluding hydrogens is 168 g/mol. The van der Waals surface area contributed by atoms with Crippen LogP contribution in [0.1, 0.15) is 30.4 Å². The van der Waals surface area contributed by atoms with E-state index in [1.807, 2.05) is 0 Å². The molecule has 0 aliphatic carbocycles. The maximum atomic E-state index is 6.21. The lowest BCUT2D eigenvalue weighted by atomic mass is 10.0. The Balaban J connectivity index is 2.88. The van der Waals surface area contributed by atoms with E-state index in [4.69, 9.17) is 11.6 Å². The summed E-state index contributed by atoms with van der Waals surface area (Å²) in [5.41, 5.74) is 2.51. The zero-order valence-corrected chi connectivity index (χ0v) is 8.60. The third-order valence-corrected chi connectivity index (χ3v) is 2.70. The van der Waals surface area contributed by atoms with E-state index in [9.17, 15) is 0 Å². The van der Waals surface area contributed by atoms with Gasteiger partial charge in [0.2, 0.25) is 0 Å². The van der Waals surface area contributed by atoms with Gasteiger partial charge >= 0.3 is 0 Å². The Kier molecular flexibility index (Phi) is 3.16. The molecule has 0 amide bonds. The zero-order chi connectivity index (χ0) is 9.14. The average Bonchev–Trinajstić information content (AvgIpc) is 2.03. The molecule has 1 aromatic carbocycles. The third kappa shape index (κ3) is 2.25. The summed E-state index contributed by atoms with van der Waals surface area (Å²) in [5, 5.41) is 0.143. The van der Waals surface area contributed by atoms with Gasteiger partial charge in [-0.15, -0.1) is 11.6 Å². The first-order chi connectivity index (χ1) is 5.61. The first-order valence-corrected chi connectivity index (χ1v) is 4.75. The predicted octanol–water partition coefficient (Wildman–Crippen LogP) is 3.93. The number of aryl methyl sites for hydroxylation is 1. The minimum atomic E-state index is 0.143. The molecule has 1 rings (SSSR count). The maximum absolute atomic E-state index is 6.21. The number of halogens is 1. The van der Waals surface area contributed by atoms with Crippen molar-refractivity contribution < 1.29 is 0 Å². The molecule has 1 heteroatoms. The normalized spacial score (nSPS) is 13.4. The monoisotopic (exact) mass is 182 g/mol. The number of benzene rings is 1. The second kappa shape index (κ2) is 3.95. The van der Waals surface area contributed by atoms with Gasteiger partial charge in [0, 0.05) is 0 Å². The molecule has 0 heterocycles. The highest BCUT2D eigenvalue weighted by Gasteiger charge is 2.11. The van der Waals surface area contributed by atoms with E-state index in [2.05, 4.69) is 45.0 Å². The lowest BCUT2D eigenvalue weighted by Crippen LogP contribution is -1.98. The van der Waals surface area contributed by atoms with Gasteiger partial charge in [-0.3, -0.25) is 0 Å². The van der Waals surface area contributed by atoms with Crippen LogP contribution in [-0.4, -0.2) is 0 Å². The summed E-state index contributed by atoms with van der Waals surface area (Å²) in [7, 11) is 0. The van der Waals surface area contributed by atoms with E-state index in [-0.39, 0.29) is 5.38 Å². The highest BCUT2D eigenvalue weighted by Crippen LogP contribution is 2.28. The van der Waals surface area contributed by atoms with Crippen molar-refractivity contribution in [2.24, 2.45) is 5.92 Å². The predicted molar refractivity (Wildman–Crippen MR) is 54.6 cm³/mol. The summed E-state index contributed by atoms with van der Waals surface area (Å²) >= 11 is 6.21. The molecular formula is C11H15Cl. The van der Waals surface area contributed by atoms with Gasteiger partial charge < -0.3 is 0 Å². The Labute approximate surface area is 79.6 Å². The van der Waals surface area contributed by atoms with Gasteiger partial charge in [-0.25, -0.2) is 0 Å². The van der Waals surface area contributed by atoms with Crippen molar-refractivity contribution in [3.05, 3.63) is 35.4 Å². The molecule has 0 aliphatic heterocycles. The smallest absolute Gasteiger partial charge is 0.0608 e. The first kappa shape index (κ1) is 9.60. The fraction of sp³-hybridized carbons (Fsp3) is 0.455. The topological polar surface area (TPSA) is 0 Å². The van der Waals surface area contributed by atoms with Gasteiger partial charge in [-0.1, -0.05) is 43.7 Å². The van der Waals surface area contributed by atoms with E-state index in [0.29, 0.717) is 5.92 Å². The summed E-state index contributed by atoms with van der Waals surface area (Å²) in [4.78, 5) is 0. The van der Waals surface area contributed by atoms with E-state index in [0.717, 1.165) is 0 Å². The first-order valence-electron chi connectivity index (χ1n) is 4.32. The van der Waals surface area contributed by atoms with Crippen molar-refractivity contribution in [3.63, 3.8) is 0 Å². The van der Waals surface area contributed by atoms with Crippen molar-refractivity contribution in [1.29, 1.82) is 0 Å². The van der Waals surface area contributed by atoms with Crippen molar-refractivity contribution in [1.82, 2.24) is 0 Å². The number of rotatable bonds is 2. The third-order valence-electron chi connectivity index (χ3n) is 1.95. The Hall–Kier alpha value is -0.490. The Morgan fingerprint density at radius 2 is 1.92 bits per heavy atom. The SMILES string of the molecule is Cc1cccc(C(Cl)C(C)C)c1. The molecule has 0 aromatic heterocycles. The van der Waals surface area contributed by atoms with Crippen molar-refractivity contribution in [2.45, 2.75) is 26.1 Å². The fourth-order valence-corrected chi connectivity index (χ4v) is 1.36. The number of alkyl halides is 1. The van der Waals surface area contributed by atoms with Gasteiger partial charge in [0.05, 0.1) is 5.38 Å². The van der Waals surface area contributed by atoms with Crippen LogP contribution >= 0.6 is 11.6 Å². The van der Waals surface area contributed by atoms with Crippen LogP contribution in [0, 0.1) is 12.8 Å². The summed E-state index contributed by atoms with van der Waals surface area (Å²) in [6.45, 7) is 6.37. The van der Waals surface area contributed by atoms with E-state index in [1.54, 1.807) is 0 Å². The highest BCUT2D eigenvalue weighted by atomic mass is 35.5. The Morgan fingerprint density at radius 1 is 1.25 bits per heavy atom. The molecule has 0 saturated heterocycles. The summed E-state index contributed by atoms with van der Waals surface area (Å²) in [5.74, 6) is 0.494. The fourth-order valence-electron chi connectivity index (χ4n) is 1.23. The summed E-state index contributed by atoms with van der Waals surface area (Å²) < 4.78 is 0. The molecule has 0 saturated carbocycles. The molecule has 1 aromatic rings. The Morgan fingerprint density at radius 3 is 2.42 bits per heavy atom. The molecule has 0 N–H and O–H groups in total. The van der Waals surface area contributed by atoms with Crippen LogP contribution in [0.2, 0.25) is 0 Å².